The van der Waals surface area contributed by atoms with Gasteiger partial charge in [0.1, 0.15) is 18.1 Å². The average Bonchev–Trinajstić information content (AvgIpc) is 3.21. The van der Waals surface area contributed by atoms with E-state index in [9.17, 15) is 4.79 Å². The molecule has 0 saturated carbocycles. The Balaban J connectivity index is 1.48. The molecular weight excluding hydrogens is 296 g/mol. The quantitative estimate of drug-likeness (QED) is 0.650. The molecule has 0 radical (unpaired) electrons. The van der Waals surface area contributed by atoms with Crippen LogP contribution in [0.3, 0.4) is 0 Å². The van der Waals surface area contributed by atoms with E-state index < -0.39 is 0 Å². The van der Waals surface area contributed by atoms with E-state index >= 15 is 0 Å². The van der Waals surface area contributed by atoms with Crippen molar-refractivity contribution >= 4 is 5.97 Å². The van der Waals surface area contributed by atoms with Crippen LogP contribution in [-0.4, -0.2) is 16.1 Å². The zero-order chi connectivity index (χ0) is 16.1. The van der Waals surface area contributed by atoms with E-state index in [0.29, 0.717) is 29.5 Å². The minimum absolute atomic E-state index is 0.108. The van der Waals surface area contributed by atoms with Crippen molar-refractivity contribution < 1.29 is 18.5 Å². The fourth-order valence-electron chi connectivity index (χ4n) is 2.08. The molecule has 0 fully saturated rings. The van der Waals surface area contributed by atoms with Gasteiger partial charge in [0.2, 0.25) is 0 Å². The summed E-state index contributed by atoms with van der Waals surface area (Å²) in [6.07, 6.45) is 2.25. The van der Waals surface area contributed by atoms with E-state index in [1.165, 1.54) is 0 Å². The van der Waals surface area contributed by atoms with Gasteiger partial charge in [-0.15, -0.1) is 0 Å². The van der Waals surface area contributed by atoms with Crippen molar-refractivity contribution in [2.45, 2.75) is 26.4 Å². The molecule has 0 aliphatic heterocycles. The topological polar surface area (TPSA) is 78.4 Å². The third-order valence-corrected chi connectivity index (χ3v) is 3.21. The molecule has 0 amide bonds. The predicted octanol–water partition coefficient (Wildman–Crippen LogP) is 3.31. The summed E-state index contributed by atoms with van der Waals surface area (Å²) in [4.78, 5) is 15.9. The van der Waals surface area contributed by atoms with Gasteiger partial charge in [-0.1, -0.05) is 35.5 Å². The molecule has 0 aliphatic rings. The zero-order valence-electron chi connectivity index (χ0n) is 12.7. The Bertz CT molecular complexity index is 777. The van der Waals surface area contributed by atoms with Crippen LogP contribution >= 0.6 is 0 Å². The highest BCUT2D eigenvalue weighted by atomic mass is 16.5. The second-order valence-electron chi connectivity index (χ2n) is 5.07. The van der Waals surface area contributed by atoms with Crippen LogP contribution < -0.4 is 0 Å². The molecule has 6 heteroatoms. The van der Waals surface area contributed by atoms with Crippen molar-refractivity contribution in [3.8, 4) is 11.3 Å². The summed E-state index contributed by atoms with van der Waals surface area (Å²) in [6, 6.07) is 11.4. The Kier molecular flexibility index (Phi) is 4.52. The first-order chi connectivity index (χ1) is 11.2. The molecule has 3 aromatic rings. The molecule has 0 unspecified atom stereocenters. The molecular formula is C17H16N2O4. The Labute approximate surface area is 133 Å². The van der Waals surface area contributed by atoms with E-state index in [4.69, 9.17) is 13.7 Å². The Morgan fingerprint density at radius 1 is 1.26 bits per heavy atom. The molecule has 0 N–H and O–H groups in total. The van der Waals surface area contributed by atoms with Crippen LogP contribution in [0.25, 0.3) is 11.3 Å². The lowest BCUT2D eigenvalue weighted by Gasteiger charge is -2.00. The molecule has 2 heterocycles. The number of nitrogens with zero attached hydrogens (tertiary/aromatic N) is 2. The third-order valence-electron chi connectivity index (χ3n) is 3.21. The fraction of sp³-hybridized carbons (Fsp3) is 0.235. The number of ether oxygens (including phenoxy) is 1. The summed E-state index contributed by atoms with van der Waals surface area (Å²) >= 11 is 0. The summed E-state index contributed by atoms with van der Waals surface area (Å²) in [5.74, 6) is 1.56. The molecule has 0 spiro atoms. The minimum atomic E-state index is -0.329. The SMILES string of the molecule is Cc1cc(COC(=O)CCc2ncc(-c3ccccc3)o2)no1. The van der Waals surface area contributed by atoms with Crippen molar-refractivity contribution in [3.63, 3.8) is 0 Å². The molecule has 3 rings (SSSR count). The molecule has 2 aromatic heterocycles. The molecule has 6 nitrogen and oxygen atoms in total. The van der Waals surface area contributed by atoms with Gasteiger partial charge >= 0.3 is 5.97 Å². The summed E-state index contributed by atoms with van der Waals surface area (Å²) in [5, 5.41) is 3.76. The van der Waals surface area contributed by atoms with E-state index in [1.54, 1.807) is 19.2 Å². The standard InChI is InChI=1S/C17H16N2O4/c1-12-9-14(19-23-12)11-21-17(20)8-7-16-18-10-15(22-16)13-5-3-2-4-6-13/h2-6,9-10H,7-8,11H2,1H3. The van der Waals surface area contributed by atoms with Gasteiger partial charge in [-0.05, 0) is 6.92 Å². The lowest BCUT2D eigenvalue weighted by molar-refractivity contribution is -0.145. The lowest BCUT2D eigenvalue weighted by atomic mass is 10.2. The first-order valence-electron chi connectivity index (χ1n) is 7.28. The number of carbonyl (C=O) groups is 1. The molecule has 118 valence electrons. The van der Waals surface area contributed by atoms with E-state index in [0.717, 1.165) is 5.56 Å². The van der Waals surface area contributed by atoms with Gasteiger partial charge in [-0.25, -0.2) is 4.98 Å². The second kappa shape index (κ2) is 6.91. The van der Waals surface area contributed by atoms with Crippen molar-refractivity contribution in [2.75, 3.05) is 0 Å². The number of carbonyl (C=O) groups excluding carboxylic acids is 1. The number of hydrogen-bond donors (Lipinski definition) is 0. The van der Waals surface area contributed by atoms with Gasteiger partial charge < -0.3 is 13.7 Å². The Morgan fingerprint density at radius 3 is 2.83 bits per heavy atom. The number of aromatic nitrogens is 2. The number of aryl methyl sites for hydroxylation is 2. The van der Waals surface area contributed by atoms with E-state index in [1.807, 2.05) is 30.3 Å². The van der Waals surface area contributed by atoms with Crippen LogP contribution in [0, 0.1) is 6.92 Å². The van der Waals surface area contributed by atoms with Crippen molar-refractivity contribution in [2.24, 2.45) is 0 Å². The molecule has 0 bridgehead atoms. The summed E-state index contributed by atoms with van der Waals surface area (Å²) in [7, 11) is 0. The molecule has 0 saturated heterocycles. The highest BCUT2D eigenvalue weighted by Crippen LogP contribution is 2.20. The lowest BCUT2D eigenvalue weighted by Crippen LogP contribution is -2.06. The first-order valence-corrected chi connectivity index (χ1v) is 7.28. The number of benzene rings is 1. The number of hydrogen-bond acceptors (Lipinski definition) is 6. The van der Waals surface area contributed by atoms with Crippen LogP contribution in [0.15, 0.2) is 51.5 Å². The molecule has 0 atom stereocenters. The fourth-order valence-corrected chi connectivity index (χ4v) is 2.08. The second-order valence-corrected chi connectivity index (χ2v) is 5.07. The molecule has 1 aromatic carbocycles. The molecule has 23 heavy (non-hydrogen) atoms. The maximum absolute atomic E-state index is 11.7. The zero-order valence-corrected chi connectivity index (χ0v) is 12.7. The maximum Gasteiger partial charge on any atom is 0.306 e. The van der Waals surface area contributed by atoms with Crippen LogP contribution in [-0.2, 0) is 22.6 Å². The minimum Gasteiger partial charge on any atom is -0.459 e. The highest BCUT2D eigenvalue weighted by molar-refractivity contribution is 5.69. The van der Waals surface area contributed by atoms with Gasteiger partial charge in [0.25, 0.3) is 0 Å². The smallest absolute Gasteiger partial charge is 0.306 e. The van der Waals surface area contributed by atoms with Gasteiger partial charge in [0.05, 0.1) is 12.6 Å². The van der Waals surface area contributed by atoms with Gasteiger partial charge in [-0.2, -0.15) is 0 Å². The van der Waals surface area contributed by atoms with Gasteiger partial charge in [0, 0.05) is 18.1 Å². The summed E-state index contributed by atoms with van der Waals surface area (Å²) < 4.78 is 15.7. The van der Waals surface area contributed by atoms with Gasteiger partial charge in [-0.3, -0.25) is 4.79 Å². The van der Waals surface area contributed by atoms with Crippen molar-refractivity contribution in [1.29, 1.82) is 0 Å². The van der Waals surface area contributed by atoms with Crippen LogP contribution in [0.5, 0.6) is 0 Å². The van der Waals surface area contributed by atoms with Gasteiger partial charge in [0.15, 0.2) is 11.7 Å². The Hall–Kier alpha value is -2.89. The van der Waals surface area contributed by atoms with Crippen molar-refractivity contribution in [1.82, 2.24) is 10.1 Å². The number of esters is 1. The third kappa shape index (κ3) is 4.06. The van der Waals surface area contributed by atoms with Crippen LogP contribution in [0.1, 0.15) is 23.8 Å². The monoisotopic (exact) mass is 312 g/mol. The normalized spacial score (nSPS) is 10.7. The predicted molar refractivity (Wildman–Crippen MR) is 81.3 cm³/mol. The summed E-state index contributed by atoms with van der Waals surface area (Å²) in [5.41, 5.74) is 1.55. The number of oxazole rings is 1. The van der Waals surface area contributed by atoms with Crippen LogP contribution in [0.4, 0.5) is 0 Å². The summed E-state index contributed by atoms with van der Waals surface area (Å²) in [6.45, 7) is 1.89. The highest BCUT2D eigenvalue weighted by Gasteiger charge is 2.10. The largest absolute Gasteiger partial charge is 0.459 e. The number of rotatable bonds is 6. The molecule has 0 aliphatic carbocycles. The maximum atomic E-state index is 11.7. The van der Waals surface area contributed by atoms with E-state index in [2.05, 4.69) is 10.1 Å². The van der Waals surface area contributed by atoms with E-state index in [-0.39, 0.29) is 19.0 Å². The Morgan fingerprint density at radius 2 is 2.09 bits per heavy atom. The van der Waals surface area contributed by atoms with Crippen molar-refractivity contribution in [3.05, 3.63) is 59.9 Å². The first kappa shape index (κ1) is 15.0. The van der Waals surface area contributed by atoms with Crippen LogP contribution in [0.2, 0.25) is 0 Å². The average molecular weight is 312 g/mol.